The number of nitrogens with zero attached hydrogens (tertiary/aromatic N) is 3. The van der Waals surface area contributed by atoms with E-state index in [9.17, 15) is 19.7 Å². The first kappa shape index (κ1) is 20.9. The van der Waals surface area contributed by atoms with E-state index in [1.54, 1.807) is 37.3 Å². The Balaban J connectivity index is 1.57. The van der Waals surface area contributed by atoms with Gasteiger partial charge in [0.25, 0.3) is 11.6 Å². The molecule has 0 aliphatic carbocycles. The normalized spacial score (nSPS) is 10.5. The number of hydrogen-bond acceptors (Lipinski definition) is 7. The van der Waals surface area contributed by atoms with E-state index in [0.717, 1.165) is 0 Å². The Morgan fingerprint density at radius 2 is 1.80 bits per heavy atom. The molecule has 0 saturated heterocycles. The second kappa shape index (κ2) is 9.14. The lowest BCUT2D eigenvalue weighted by Crippen LogP contribution is -2.34. The van der Waals surface area contributed by atoms with Crippen LogP contribution >= 0.6 is 11.6 Å². The van der Waals surface area contributed by atoms with Crippen molar-refractivity contribution in [3.05, 3.63) is 74.6 Å². The maximum atomic E-state index is 12.2. The van der Waals surface area contributed by atoms with E-state index in [1.807, 2.05) is 0 Å². The van der Waals surface area contributed by atoms with E-state index >= 15 is 0 Å². The molecule has 1 heterocycles. The predicted molar refractivity (Wildman–Crippen MR) is 107 cm³/mol. The molecule has 3 rings (SSSR count). The van der Waals surface area contributed by atoms with Crippen molar-refractivity contribution in [2.75, 3.05) is 13.1 Å². The number of benzene rings is 2. The molecule has 154 valence electrons. The molecule has 0 fully saturated rings. The number of halogens is 1. The van der Waals surface area contributed by atoms with Gasteiger partial charge in [-0.05, 0) is 19.1 Å². The average Bonchev–Trinajstić information content (AvgIpc) is 3.21. The quantitative estimate of drug-likeness (QED) is 0.334. The van der Waals surface area contributed by atoms with Crippen LogP contribution in [0, 0.1) is 17.0 Å². The van der Waals surface area contributed by atoms with Crippen LogP contribution in [0.1, 0.15) is 26.6 Å². The van der Waals surface area contributed by atoms with Crippen LogP contribution in [0.3, 0.4) is 0 Å². The molecule has 2 N–H and O–H groups in total. The molecule has 2 amide bonds. The van der Waals surface area contributed by atoms with Gasteiger partial charge < -0.3 is 15.2 Å². The number of aromatic nitrogens is 2. The van der Waals surface area contributed by atoms with Crippen LogP contribution in [-0.4, -0.2) is 40.0 Å². The van der Waals surface area contributed by atoms with Crippen molar-refractivity contribution < 1.29 is 19.0 Å². The second-order valence-electron chi connectivity index (χ2n) is 6.12. The zero-order valence-corrected chi connectivity index (χ0v) is 16.5. The molecule has 0 spiro atoms. The standard InChI is InChI=1S/C19H16ClN5O5/c1-11-12(6-4-8-15(11)25(28)29)16-23-19(30-24-16)18(27)22-10-9-21-17(26)13-5-2-3-7-14(13)20/h2-8H,9-10H2,1H3,(H,21,26)(H,22,27). The third kappa shape index (κ3) is 4.61. The van der Waals surface area contributed by atoms with Gasteiger partial charge in [-0.3, -0.25) is 19.7 Å². The lowest BCUT2D eigenvalue weighted by molar-refractivity contribution is -0.385. The number of carbonyl (C=O) groups excluding carboxylic acids is 2. The fourth-order valence-corrected chi connectivity index (χ4v) is 2.88. The van der Waals surface area contributed by atoms with Gasteiger partial charge >= 0.3 is 11.8 Å². The van der Waals surface area contributed by atoms with Crippen molar-refractivity contribution >= 4 is 29.1 Å². The molecular formula is C19H16ClN5O5. The summed E-state index contributed by atoms with van der Waals surface area (Å²) in [6.07, 6.45) is 0. The Kier molecular flexibility index (Phi) is 6.38. The summed E-state index contributed by atoms with van der Waals surface area (Å²) in [4.78, 5) is 38.8. The highest BCUT2D eigenvalue weighted by Gasteiger charge is 2.20. The van der Waals surface area contributed by atoms with Crippen molar-refractivity contribution in [1.82, 2.24) is 20.8 Å². The lowest BCUT2D eigenvalue weighted by Gasteiger charge is -2.06. The fraction of sp³-hybridized carbons (Fsp3) is 0.158. The first-order chi connectivity index (χ1) is 14.4. The molecule has 0 aliphatic heterocycles. The van der Waals surface area contributed by atoms with Crippen LogP contribution in [0.25, 0.3) is 11.4 Å². The summed E-state index contributed by atoms with van der Waals surface area (Å²) in [5, 5.41) is 20.3. The SMILES string of the molecule is Cc1c(-c2noc(C(=O)NCCNC(=O)c3ccccc3Cl)n2)cccc1[N+](=O)[O-]. The van der Waals surface area contributed by atoms with Crippen molar-refractivity contribution in [3.8, 4) is 11.4 Å². The molecule has 2 aromatic carbocycles. The van der Waals surface area contributed by atoms with Crippen molar-refractivity contribution in [2.45, 2.75) is 6.92 Å². The molecule has 3 aromatic rings. The minimum atomic E-state index is -0.635. The molecule has 0 bridgehead atoms. The number of rotatable bonds is 7. The Bertz CT molecular complexity index is 1110. The third-order valence-electron chi connectivity index (χ3n) is 4.18. The summed E-state index contributed by atoms with van der Waals surface area (Å²) in [6, 6.07) is 11.1. The number of nitro benzene ring substituents is 1. The van der Waals surface area contributed by atoms with Gasteiger partial charge in [0.05, 0.1) is 15.5 Å². The molecule has 0 aliphatic rings. The smallest absolute Gasteiger partial charge is 0.316 e. The van der Waals surface area contributed by atoms with Gasteiger partial charge in [-0.2, -0.15) is 4.98 Å². The number of amides is 2. The summed E-state index contributed by atoms with van der Waals surface area (Å²) in [6.45, 7) is 1.83. The minimum absolute atomic E-state index is 0.0633. The topological polar surface area (TPSA) is 140 Å². The van der Waals surface area contributed by atoms with Gasteiger partial charge in [0, 0.05) is 30.3 Å². The second-order valence-corrected chi connectivity index (χ2v) is 6.53. The highest BCUT2D eigenvalue weighted by molar-refractivity contribution is 6.33. The van der Waals surface area contributed by atoms with Gasteiger partial charge in [0.1, 0.15) is 0 Å². The molecule has 30 heavy (non-hydrogen) atoms. The maximum Gasteiger partial charge on any atom is 0.316 e. The molecule has 1 aromatic heterocycles. The summed E-state index contributed by atoms with van der Waals surface area (Å²) in [7, 11) is 0. The van der Waals surface area contributed by atoms with Gasteiger partial charge in [-0.25, -0.2) is 0 Å². The average molecular weight is 430 g/mol. The van der Waals surface area contributed by atoms with Crippen LogP contribution in [0.15, 0.2) is 47.0 Å². The van der Waals surface area contributed by atoms with Crippen LogP contribution in [0.2, 0.25) is 5.02 Å². The Labute approximate surface area is 175 Å². The molecule has 0 unspecified atom stereocenters. The summed E-state index contributed by atoms with van der Waals surface area (Å²) >= 11 is 5.96. The zero-order chi connectivity index (χ0) is 21.7. The summed E-state index contributed by atoms with van der Waals surface area (Å²) in [5.74, 6) is -1.23. The third-order valence-corrected chi connectivity index (χ3v) is 4.51. The molecule has 11 heteroatoms. The maximum absolute atomic E-state index is 12.2. The number of nitrogens with one attached hydrogen (secondary N) is 2. The van der Waals surface area contributed by atoms with Crippen molar-refractivity contribution in [2.24, 2.45) is 0 Å². The minimum Gasteiger partial charge on any atom is -0.350 e. The van der Waals surface area contributed by atoms with E-state index in [1.165, 1.54) is 12.1 Å². The highest BCUT2D eigenvalue weighted by Crippen LogP contribution is 2.27. The zero-order valence-electron chi connectivity index (χ0n) is 15.7. The Morgan fingerprint density at radius 1 is 1.10 bits per heavy atom. The highest BCUT2D eigenvalue weighted by atomic mass is 35.5. The monoisotopic (exact) mass is 429 g/mol. The molecular weight excluding hydrogens is 414 g/mol. The van der Waals surface area contributed by atoms with Crippen molar-refractivity contribution in [3.63, 3.8) is 0 Å². The van der Waals surface area contributed by atoms with Gasteiger partial charge in [0.15, 0.2) is 0 Å². The van der Waals surface area contributed by atoms with E-state index in [4.69, 9.17) is 16.1 Å². The molecule has 0 atom stereocenters. The van der Waals surface area contributed by atoms with E-state index in [2.05, 4.69) is 20.8 Å². The summed E-state index contributed by atoms with van der Waals surface area (Å²) in [5.41, 5.74) is 0.994. The van der Waals surface area contributed by atoms with E-state index in [-0.39, 0.29) is 36.4 Å². The predicted octanol–water partition coefficient (Wildman–Crippen LogP) is 2.77. The van der Waals surface area contributed by atoms with Crippen molar-refractivity contribution in [1.29, 1.82) is 0 Å². The fourth-order valence-electron chi connectivity index (χ4n) is 2.66. The van der Waals surface area contributed by atoms with E-state index in [0.29, 0.717) is 21.7 Å². The number of carbonyl (C=O) groups is 2. The van der Waals surface area contributed by atoms with E-state index < -0.39 is 10.8 Å². The Hall–Kier alpha value is -3.79. The van der Waals surface area contributed by atoms with Crippen LogP contribution in [0.5, 0.6) is 0 Å². The van der Waals surface area contributed by atoms with Gasteiger partial charge in [-0.1, -0.05) is 41.0 Å². The summed E-state index contributed by atoms with van der Waals surface area (Å²) < 4.78 is 4.95. The van der Waals surface area contributed by atoms with Crippen LogP contribution in [0.4, 0.5) is 5.69 Å². The largest absolute Gasteiger partial charge is 0.350 e. The number of nitro groups is 1. The first-order valence-electron chi connectivity index (χ1n) is 8.77. The van der Waals surface area contributed by atoms with Gasteiger partial charge in [0.2, 0.25) is 5.82 Å². The first-order valence-corrected chi connectivity index (χ1v) is 9.15. The van der Waals surface area contributed by atoms with Gasteiger partial charge in [-0.15, -0.1) is 0 Å². The molecule has 10 nitrogen and oxygen atoms in total. The number of hydrogen-bond donors (Lipinski definition) is 2. The van der Waals surface area contributed by atoms with Crippen LogP contribution in [-0.2, 0) is 0 Å². The van der Waals surface area contributed by atoms with Crippen LogP contribution < -0.4 is 10.6 Å². The molecule has 0 saturated carbocycles. The lowest BCUT2D eigenvalue weighted by atomic mass is 10.1. The molecule has 0 radical (unpaired) electrons. The Morgan fingerprint density at radius 3 is 2.50 bits per heavy atom.